The van der Waals surface area contributed by atoms with E-state index in [0.717, 1.165) is 6.07 Å². The quantitative estimate of drug-likeness (QED) is 0.103. The summed E-state index contributed by atoms with van der Waals surface area (Å²) in [4.78, 5) is 21.1. The van der Waals surface area contributed by atoms with Crippen molar-refractivity contribution in [3.63, 3.8) is 0 Å². The maximum Gasteiger partial charge on any atom is 0.335 e. The third kappa shape index (κ3) is 19.9. The Morgan fingerprint density at radius 1 is 0.585 bits per heavy atom. The number of aryl methyl sites for hydroxylation is 2. The molecule has 5 nitrogen and oxygen atoms in total. The predicted molar refractivity (Wildman–Crippen MR) is 170 cm³/mol. The molecule has 0 saturated heterocycles. The van der Waals surface area contributed by atoms with E-state index in [2.05, 4.69) is 42.1 Å². The van der Waals surface area contributed by atoms with Gasteiger partial charge in [0.1, 0.15) is 6.54 Å². The molecule has 0 aliphatic carbocycles. The number of pyridine rings is 1. The minimum Gasteiger partial charge on any atom is -0.478 e. The molecular formula is C36H58NO4+. The summed E-state index contributed by atoms with van der Waals surface area (Å²) in [7, 11) is 0. The van der Waals surface area contributed by atoms with E-state index in [-0.39, 0.29) is 11.1 Å². The number of carboxylic acid groups (broad SMARTS) is 2. The Morgan fingerprint density at radius 3 is 1.39 bits per heavy atom. The number of aromatic nitrogens is 1. The van der Waals surface area contributed by atoms with Crippen LogP contribution in [0.3, 0.4) is 0 Å². The van der Waals surface area contributed by atoms with Gasteiger partial charge in [0.2, 0.25) is 0 Å². The Balaban J connectivity index is 0.000000537. The van der Waals surface area contributed by atoms with E-state index >= 15 is 0 Å². The van der Waals surface area contributed by atoms with Crippen LogP contribution < -0.4 is 4.57 Å². The second-order valence-corrected chi connectivity index (χ2v) is 11.5. The van der Waals surface area contributed by atoms with Gasteiger partial charge >= 0.3 is 11.9 Å². The number of hydrogen-bond acceptors (Lipinski definition) is 2. The van der Waals surface area contributed by atoms with Gasteiger partial charge in [-0.3, -0.25) is 0 Å². The van der Waals surface area contributed by atoms with Gasteiger partial charge in [-0.2, -0.15) is 0 Å². The molecule has 230 valence electrons. The molecule has 0 fully saturated rings. The molecule has 0 aliphatic heterocycles. The molecule has 0 atom stereocenters. The van der Waals surface area contributed by atoms with Gasteiger partial charge in [-0.05, 0) is 31.0 Å². The lowest BCUT2D eigenvalue weighted by molar-refractivity contribution is -0.697. The van der Waals surface area contributed by atoms with Crippen molar-refractivity contribution >= 4 is 11.9 Å². The fourth-order valence-electron chi connectivity index (χ4n) is 5.12. The van der Waals surface area contributed by atoms with E-state index in [1.807, 2.05) is 0 Å². The first-order chi connectivity index (χ1) is 20.0. The van der Waals surface area contributed by atoms with E-state index in [1.165, 1.54) is 147 Å². The van der Waals surface area contributed by atoms with Crippen LogP contribution in [0.1, 0.15) is 162 Å². The van der Waals surface area contributed by atoms with Crippen molar-refractivity contribution in [1.82, 2.24) is 0 Å². The number of carboxylic acids is 2. The first-order valence-corrected chi connectivity index (χ1v) is 16.5. The molecular weight excluding hydrogens is 510 g/mol. The maximum absolute atomic E-state index is 10.6. The molecule has 2 aromatic rings. The number of rotatable bonds is 23. The van der Waals surface area contributed by atoms with Crippen LogP contribution in [0.5, 0.6) is 0 Å². The van der Waals surface area contributed by atoms with Crippen LogP contribution in [0.25, 0.3) is 0 Å². The van der Waals surface area contributed by atoms with Gasteiger partial charge in [0, 0.05) is 18.6 Å². The fourth-order valence-corrected chi connectivity index (χ4v) is 5.12. The zero-order valence-electron chi connectivity index (χ0n) is 26.1. The zero-order valence-corrected chi connectivity index (χ0v) is 26.1. The topological polar surface area (TPSA) is 78.5 Å². The lowest BCUT2D eigenvalue weighted by Crippen LogP contribution is -2.32. The molecule has 0 unspecified atom stereocenters. The second kappa shape index (κ2) is 25.1. The van der Waals surface area contributed by atoms with Crippen molar-refractivity contribution in [3.05, 3.63) is 65.5 Å². The third-order valence-corrected chi connectivity index (χ3v) is 7.76. The van der Waals surface area contributed by atoms with Crippen molar-refractivity contribution in [2.45, 2.75) is 149 Å². The average molecular weight is 569 g/mol. The van der Waals surface area contributed by atoms with Crippen LogP contribution in [0.4, 0.5) is 0 Å². The predicted octanol–water partition coefficient (Wildman–Crippen LogP) is 10.2. The molecule has 0 radical (unpaired) electrons. The van der Waals surface area contributed by atoms with Crippen LogP contribution in [-0.4, -0.2) is 22.2 Å². The third-order valence-electron chi connectivity index (χ3n) is 7.76. The number of benzene rings is 1. The zero-order chi connectivity index (χ0) is 30.0. The molecule has 0 saturated carbocycles. The maximum atomic E-state index is 10.6. The highest BCUT2D eigenvalue weighted by Crippen LogP contribution is 2.15. The molecule has 1 heterocycles. The van der Waals surface area contributed by atoms with Crippen molar-refractivity contribution < 1.29 is 24.4 Å². The average Bonchev–Trinajstić information content (AvgIpc) is 2.97. The van der Waals surface area contributed by atoms with Gasteiger partial charge in [0.05, 0.1) is 11.1 Å². The summed E-state index contributed by atoms with van der Waals surface area (Å²) >= 11 is 0. The van der Waals surface area contributed by atoms with Crippen molar-refractivity contribution in [2.75, 3.05) is 0 Å². The van der Waals surface area contributed by atoms with Crippen LogP contribution in [-0.2, 0) is 6.54 Å². The number of hydrogen-bond donors (Lipinski definition) is 2. The van der Waals surface area contributed by atoms with Gasteiger partial charge in [-0.1, -0.05) is 135 Å². The smallest absolute Gasteiger partial charge is 0.335 e. The summed E-state index contributed by atoms with van der Waals surface area (Å²) in [6, 6.07) is 10.3. The lowest BCUT2D eigenvalue weighted by atomic mass is 10.0. The van der Waals surface area contributed by atoms with Crippen LogP contribution in [0, 0.1) is 6.92 Å². The Morgan fingerprint density at radius 2 is 1.00 bits per heavy atom. The molecule has 2 rings (SSSR count). The first kappa shape index (κ1) is 36.3. The summed E-state index contributed by atoms with van der Waals surface area (Å²) in [6.07, 6.45) is 33.4. The second-order valence-electron chi connectivity index (χ2n) is 11.5. The standard InChI is InChI=1S/C27H50N.C9H8O4/c1-2-3-4-5-6-7-8-9-10-11-12-13-14-15-16-17-18-19-20-22-25-28-26-23-21-24-27-28;1-5-2-3-6(8(10)11)4-7(5)9(12)13/h21,23-24,26-27H,2-20,22,25H2,1H3;2-4H,1H3,(H,10,11)(H,12,13)/q+1;. The summed E-state index contributed by atoms with van der Waals surface area (Å²) in [5, 5.41) is 17.3. The van der Waals surface area contributed by atoms with E-state index in [4.69, 9.17) is 10.2 Å². The van der Waals surface area contributed by atoms with Gasteiger partial charge < -0.3 is 10.2 Å². The summed E-state index contributed by atoms with van der Waals surface area (Å²) in [6.45, 7) is 5.10. The first-order valence-electron chi connectivity index (χ1n) is 16.5. The summed E-state index contributed by atoms with van der Waals surface area (Å²) in [5.74, 6) is -2.23. The Labute approximate surface area is 250 Å². The fraction of sp³-hybridized carbons (Fsp3) is 0.639. The Hall–Kier alpha value is -2.69. The highest BCUT2D eigenvalue weighted by molar-refractivity contribution is 5.94. The minimum atomic E-state index is -1.12. The molecule has 2 N–H and O–H groups in total. The van der Waals surface area contributed by atoms with Gasteiger partial charge in [-0.15, -0.1) is 0 Å². The molecule has 0 aliphatic rings. The highest BCUT2D eigenvalue weighted by Gasteiger charge is 2.10. The van der Waals surface area contributed by atoms with Crippen molar-refractivity contribution in [1.29, 1.82) is 0 Å². The van der Waals surface area contributed by atoms with Crippen LogP contribution in [0.15, 0.2) is 48.8 Å². The Bertz CT molecular complexity index is 928. The number of aromatic carboxylic acids is 2. The number of unbranched alkanes of at least 4 members (excludes halogenated alkanes) is 19. The van der Waals surface area contributed by atoms with E-state index in [0.29, 0.717) is 5.56 Å². The molecule has 1 aromatic carbocycles. The molecule has 0 spiro atoms. The number of nitrogens with zero attached hydrogens (tertiary/aromatic N) is 1. The van der Waals surface area contributed by atoms with Gasteiger partial charge in [0.25, 0.3) is 0 Å². The number of carbonyl (C=O) groups is 2. The molecule has 1 aromatic heterocycles. The monoisotopic (exact) mass is 568 g/mol. The van der Waals surface area contributed by atoms with Gasteiger partial charge in [0.15, 0.2) is 12.4 Å². The van der Waals surface area contributed by atoms with Crippen molar-refractivity contribution in [2.24, 2.45) is 0 Å². The van der Waals surface area contributed by atoms with E-state index < -0.39 is 11.9 Å². The molecule has 0 bridgehead atoms. The Kier molecular flexibility index (Phi) is 22.2. The summed E-state index contributed by atoms with van der Waals surface area (Å²) < 4.78 is 2.30. The van der Waals surface area contributed by atoms with Crippen LogP contribution >= 0.6 is 0 Å². The highest BCUT2D eigenvalue weighted by atomic mass is 16.4. The SMILES string of the molecule is CCCCCCCCCCCCCCCCCCCCCC[n+]1ccccc1.Cc1ccc(C(=O)O)cc1C(=O)O. The van der Waals surface area contributed by atoms with Crippen LogP contribution in [0.2, 0.25) is 0 Å². The van der Waals surface area contributed by atoms with E-state index in [9.17, 15) is 9.59 Å². The van der Waals surface area contributed by atoms with Crippen molar-refractivity contribution in [3.8, 4) is 0 Å². The molecule has 41 heavy (non-hydrogen) atoms. The van der Waals surface area contributed by atoms with E-state index in [1.54, 1.807) is 6.92 Å². The van der Waals surface area contributed by atoms with Gasteiger partial charge in [-0.25, -0.2) is 14.2 Å². The minimum absolute atomic E-state index is 0.0111. The largest absolute Gasteiger partial charge is 0.478 e. The molecule has 0 amide bonds. The normalized spacial score (nSPS) is 10.7. The lowest BCUT2D eigenvalue weighted by Gasteiger charge is -2.04. The molecule has 5 heteroatoms. The summed E-state index contributed by atoms with van der Waals surface area (Å²) in [5.41, 5.74) is 0.570.